The predicted molar refractivity (Wildman–Crippen MR) is 89.4 cm³/mol. The van der Waals surface area contributed by atoms with Gasteiger partial charge in [-0.2, -0.15) is 0 Å². The monoisotopic (exact) mass is 301 g/mol. The minimum atomic E-state index is -0.429. The average molecular weight is 301 g/mol. The highest BCUT2D eigenvalue weighted by atomic mass is 16.3. The Morgan fingerprint density at radius 3 is 2.41 bits per heavy atom. The summed E-state index contributed by atoms with van der Waals surface area (Å²) in [4.78, 5) is 0. The first-order valence-corrected chi connectivity index (χ1v) is 9.20. The molecule has 2 atom stereocenters. The van der Waals surface area contributed by atoms with E-state index in [0.717, 1.165) is 30.4 Å². The molecule has 2 nitrogen and oxygen atoms in total. The van der Waals surface area contributed by atoms with Crippen LogP contribution in [0.15, 0.2) is 30.3 Å². The summed E-state index contributed by atoms with van der Waals surface area (Å²) in [7, 11) is 2.24. The van der Waals surface area contributed by atoms with Crippen molar-refractivity contribution in [2.24, 2.45) is 0 Å². The van der Waals surface area contributed by atoms with Gasteiger partial charge in [0.25, 0.3) is 0 Å². The van der Waals surface area contributed by atoms with Crippen molar-refractivity contribution >= 4 is 0 Å². The quantitative estimate of drug-likeness (QED) is 0.782. The molecule has 1 aliphatic carbocycles. The summed E-state index contributed by atoms with van der Waals surface area (Å²) in [5.41, 5.74) is 1.72. The summed E-state index contributed by atoms with van der Waals surface area (Å²) < 4.78 is 0.745. The van der Waals surface area contributed by atoms with Crippen molar-refractivity contribution in [1.29, 1.82) is 0 Å². The summed E-state index contributed by atoms with van der Waals surface area (Å²) >= 11 is 0. The van der Waals surface area contributed by atoms with E-state index in [4.69, 9.17) is 0 Å². The first-order chi connectivity index (χ1) is 10.6. The Labute approximate surface area is 135 Å². The maximum atomic E-state index is 12.9. The van der Waals surface area contributed by atoms with Crippen molar-refractivity contribution in [3.63, 3.8) is 0 Å². The van der Waals surface area contributed by atoms with E-state index in [1.54, 1.807) is 0 Å². The fourth-order valence-corrected chi connectivity index (χ4v) is 4.86. The molecule has 22 heavy (non-hydrogen) atoms. The molecule has 1 aliphatic heterocycles. The van der Waals surface area contributed by atoms with E-state index in [2.05, 4.69) is 37.4 Å². The van der Waals surface area contributed by atoms with Gasteiger partial charge in [-0.25, -0.2) is 0 Å². The SMILES string of the molecule is C[N+]1(CC2(c3ccccc3)CCCC2)CCCCCCC1[O-]. The lowest BCUT2D eigenvalue weighted by molar-refractivity contribution is -1.00. The zero-order valence-corrected chi connectivity index (χ0v) is 14.1. The molecule has 1 heterocycles. The summed E-state index contributed by atoms with van der Waals surface area (Å²) in [5, 5.41) is 12.9. The van der Waals surface area contributed by atoms with E-state index in [1.165, 1.54) is 50.5 Å². The normalized spacial score (nSPS) is 32.4. The van der Waals surface area contributed by atoms with Crippen molar-refractivity contribution < 1.29 is 9.59 Å². The zero-order valence-electron chi connectivity index (χ0n) is 14.1. The number of hydrogen-bond acceptors (Lipinski definition) is 1. The first kappa shape index (κ1) is 16.0. The first-order valence-electron chi connectivity index (χ1n) is 9.20. The van der Waals surface area contributed by atoms with Gasteiger partial charge in [0.15, 0.2) is 0 Å². The molecular weight excluding hydrogens is 270 g/mol. The van der Waals surface area contributed by atoms with Gasteiger partial charge in [-0.15, -0.1) is 0 Å². The van der Waals surface area contributed by atoms with Crippen LogP contribution in [0, 0.1) is 0 Å². The molecular formula is C20H31NO. The molecule has 2 heteroatoms. The zero-order chi connectivity index (χ0) is 15.5. The molecule has 0 N–H and O–H groups in total. The van der Waals surface area contributed by atoms with E-state index in [0.29, 0.717) is 0 Å². The topological polar surface area (TPSA) is 23.1 Å². The van der Waals surface area contributed by atoms with Crippen molar-refractivity contribution in [1.82, 2.24) is 0 Å². The van der Waals surface area contributed by atoms with Crippen molar-refractivity contribution in [2.75, 3.05) is 20.1 Å². The number of likely N-dealkylation sites (N-methyl/N-ethyl adjacent to an activating group) is 1. The van der Waals surface area contributed by atoms with Gasteiger partial charge in [-0.3, -0.25) is 0 Å². The molecule has 2 fully saturated rings. The third-order valence-electron chi connectivity index (χ3n) is 6.18. The Morgan fingerprint density at radius 1 is 1.00 bits per heavy atom. The van der Waals surface area contributed by atoms with E-state index < -0.39 is 6.23 Å². The highest BCUT2D eigenvalue weighted by Gasteiger charge is 2.43. The van der Waals surface area contributed by atoms with E-state index in [9.17, 15) is 5.11 Å². The Balaban J connectivity index is 1.86. The van der Waals surface area contributed by atoms with E-state index in [1.807, 2.05) is 0 Å². The number of likely N-dealkylation sites (tertiary alicyclic amines) is 1. The average Bonchev–Trinajstić information content (AvgIpc) is 2.99. The summed E-state index contributed by atoms with van der Waals surface area (Å²) in [6, 6.07) is 11.0. The maximum absolute atomic E-state index is 12.9. The number of rotatable bonds is 3. The standard InChI is InChI=1S/C20H31NO/c1-21(16-10-3-2-7-13-19(21)22)17-20(14-8-9-15-20)18-11-5-4-6-12-18/h4-6,11-12,19H,2-3,7-10,13-17H2,1H3. The highest BCUT2D eigenvalue weighted by Crippen LogP contribution is 2.43. The third-order valence-corrected chi connectivity index (χ3v) is 6.18. The van der Waals surface area contributed by atoms with E-state index >= 15 is 0 Å². The molecule has 1 saturated carbocycles. The van der Waals surface area contributed by atoms with Crippen molar-refractivity contribution in [3.8, 4) is 0 Å². The fourth-order valence-electron chi connectivity index (χ4n) is 4.86. The Hall–Kier alpha value is -0.860. The number of benzene rings is 1. The Kier molecular flexibility index (Phi) is 4.89. The largest absolute Gasteiger partial charge is 0.806 e. The molecule has 1 aromatic carbocycles. The second kappa shape index (κ2) is 6.72. The molecule has 0 spiro atoms. The van der Waals surface area contributed by atoms with Crippen LogP contribution >= 0.6 is 0 Å². The smallest absolute Gasteiger partial charge is 0.0874 e. The molecule has 0 bridgehead atoms. The molecule has 2 aliphatic rings. The molecule has 0 amide bonds. The van der Waals surface area contributed by atoms with Crippen LogP contribution < -0.4 is 5.11 Å². The lowest BCUT2D eigenvalue weighted by Gasteiger charge is -2.51. The molecule has 0 aromatic heterocycles. The van der Waals surface area contributed by atoms with Gasteiger partial charge in [-0.05, 0) is 44.1 Å². The van der Waals surface area contributed by atoms with Crippen LogP contribution in [0.2, 0.25) is 0 Å². The van der Waals surface area contributed by atoms with Crippen molar-refractivity contribution in [2.45, 2.75) is 69.4 Å². The molecule has 1 saturated heterocycles. The van der Waals surface area contributed by atoms with Crippen LogP contribution in [-0.4, -0.2) is 30.8 Å². The Morgan fingerprint density at radius 2 is 1.68 bits per heavy atom. The summed E-state index contributed by atoms with van der Waals surface area (Å²) in [6.45, 7) is 2.12. The predicted octanol–water partition coefficient (Wildman–Crippen LogP) is 3.60. The number of nitrogens with zero attached hydrogens (tertiary/aromatic N) is 1. The van der Waals surface area contributed by atoms with Gasteiger partial charge in [0.05, 0.1) is 20.1 Å². The van der Waals surface area contributed by atoms with Crippen LogP contribution in [-0.2, 0) is 5.41 Å². The van der Waals surface area contributed by atoms with Gasteiger partial charge >= 0.3 is 0 Å². The van der Waals surface area contributed by atoms with Gasteiger partial charge in [0, 0.05) is 11.6 Å². The molecule has 0 radical (unpaired) electrons. The van der Waals surface area contributed by atoms with Crippen LogP contribution in [0.4, 0.5) is 0 Å². The van der Waals surface area contributed by atoms with Crippen molar-refractivity contribution in [3.05, 3.63) is 35.9 Å². The van der Waals surface area contributed by atoms with Gasteiger partial charge < -0.3 is 9.59 Å². The minimum absolute atomic E-state index is 0.248. The highest BCUT2D eigenvalue weighted by molar-refractivity contribution is 5.26. The van der Waals surface area contributed by atoms with Crippen LogP contribution in [0.25, 0.3) is 0 Å². The second-order valence-electron chi connectivity index (χ2n) is 7.87. The van der Waals surface area contributed by atoms with Gasteiger partial charge in [-0.1, -0.05) is 49.6 Å². The fraction of sp³-hybridized carbons (Fsp3) is 0.700. The van der Waals surface area contributed by atoms with Crippen LogP contribution in [0.5, 0.6) is 0 Å². The van der Waals surface area contributed by atoms with Crippen LogP contribution in [0.1, 0.15) is 63.4 Å². The minimum Gasteiger partial charge on any atom is -0.806 e. The Bertz CT molecular complexity index is 466. The molecule has 122 valence electrons. The van der Waals surface area contributed by atoms with E-state index in [-0.39, 0.29) is 5.41 Å². The summed E-state index contributed by atoms with van der Waals surface area (Å²) in [6.07, 6.45) is 10.5. The number of hydrogen-bond donors (Lipinski definition) is 0. The molecule has 2 unspecified atom stereocenters. The lowest BCUT2D eigenvalue weighted by Crippen LogP contribution is -2.63. The molecule has 1 aromatic rings. The van der Waals surface area contributed by atoms with Gasteiger partial charge in [0.2, 0.25) is 0 Å². The second-order valence-corrected chi connectivity index (χ2v) is 7.87. The maximum Gasteiger partial charge on any atom is 0.0874 e. The third kappa shape index (κ3) is 3.23. The molecule has 3 rings (SSSR count). The van der Waals surface area contributed by atoms with Gasteiger partial charge in [0.1, 0.15) is 0 Å². The van der Waals surface area contributed by atoms with Crippen LogP contribution in [0.3, 0.4) is 0 Å². The summed E-state index contributed by atoms with van der Waals surface area (Å²) in [5.74, 6) is 0. The lowest BCUT2D eigenvalue weighted by atomic mass is 9.77. The number of quaternary nitrogens is 1.